The minimum Gasteiger partial charge on any atom is -0.493 e. The van der Waals surface area contributed by atoms with Gasteiger partial charge in [-0.15, -0.1) is 0 Å². The summed E-state index contributed by atoms with van der Waals surface area (Å²) in [4.78, 5) is 36.5. The fourth-order valence-electron chi connectivity index (χ4n) is 2.00. The van der Waals surface area contributed by atoms with Crippen molar-refractivity contribution in [2.75, 3.05) is 27.9 Å². The molecule has 2 rings (SSSR count). The highest BCUT2D eigenvalue weighted by atomic mass is 32.2. The van der Waals surface area contributed by atoms with E-state index in [4.69, 9.17) is 9.47 Å². The Labute approximate surface area is 137 Å². The monoisotopic (exact) mass is 337 g/mol. The summed E-state index contributed by atoms with van der Waals surface area (Å²) < 4.78 is 15.0. The third kappa shape index (κ3) is 3.48. The van der Waals surface area contributed by atoms with Crippen molar-refractivity contribution < 1.29 is 28.6 Å². The Kier molecular flexibility index (Phi) is 5.28. The zero-order chi connectivity index (χ0) is 17.0. The maximum absolute atomic E-state index is 12.3. The lowest BCUT2D eigenvalue weighted by Crippen LogP contribution is -2.34. The number of amides is 2. The molecule has 1 aromatic rings. The SMILES string of the molecule is COC(=O)CN1C(=O)S/C(=C/c2cccc(OC)c2OC)C1=O. The van der Waals surface area contributed by atoms with Gasteiger partial charge in [0.15, 0.2) is 11.5 Å². The average Bonchev–Trinajstić information content (AvgIpc) is 2.81. The second kappa shape index (κ2) is 7.19. The van der Waals surface area contributed by atoms with E-state index in [1.165, 1.54) is 27.4 Å². The molecule has 0 saturated carbocycles. The fraction of sp³-hybridized carbons (Fsp3) is 0.267. The molecule has 23 heavy (non-hydrogen) atoms. The number of para-hydroxylation sites is 1. The first-order valence-corrected chi connectivity index (χ1v) is 7.36. The summed E-state index contributed by atoms with van der Waals surface area (Å²) in [6, 6.07) is 5.20. The lowest BCUT2D eigenvalue weighted by molar-refractivity contribution is -0.143. The number of ether oxygens (including phenoxy) is 3. The van der Waals surface area contributed by atoms with Crippen LogP contribution >= 0.6 is 11.8 Å². The molecule has 7 nitrogen and oxygen atoms in total. The predicted molar refractivity (Wildman–Crippen MR) is 84.2 cm³/mol. The minimum atomic E-state index is -0.660. The van der Waals surface area contributed by atoms with Crippen LogP contribution in [-0.2, 0) is 14.3 Å². The molecule has 1 heterocycles. The Bertz CT molecular complexity index is 685. The normalized spacial score (nSPS) is 16.0. The number of rotatable bonds is 5. The Hall–Kier alpha value is -2.48. The summed E-state index contributed by atoms with van der Waals surface area (Å²) in [6.45, 7) is -0.409. The van der Waals surface area contributed by atoms with Crippen LogP contribution < -0.4 is 9.47 Å². The van der Waals surface area contributed by atoms with E-state index in [0.717, 1.165) is 16.7 Å². The highest BCUT2D eigenvalue weighted by Crippen LogP contribution is 2.37. The van der Waals surface area contributed by atoms with E-state index in [1.54, 1.807) is 18.2 Å². The summed E-state index contributed by atoms with van der Waals surface area (Å²) in [5.41, 5.74) is 0.593. The first kappa shape index (κ1) is 16.9. The molecule has 2 amide bonds. The number of thioether (sulfide) groups is 1. The second-order valence-corrected chi connectivity index (χ2v) is 5.42. The number of carbonyl (C=O) groups excluding carboxylic acids is 3. The molecule has 1 fully saturated rings. The van der Waals surface area contributed by atoms with Crippen LogP contribution in [0.4, 0.5) is 4.79 Å². The fourth-order valence-corrected chi connectivity index (χ4v) is 2.83. The van der Waals surface area contributed by atoms with Crippen LogP contribution in [0.2, 0.25) is 0 Å². The number of hydrogen-bond acceptors (Lipinski definition) is 7. The molecule has 1 saturated heterocycles. The van der Waals surface area contributed by atoms with Gasteiger partial charge in [-0.1, -0.05) is 12.1 Å². The molecule has 8 heteroatoms. The van der Waals surface area contributed by atoms with E-state index >= 15 is 0 Å². The van der Waals surface area contributed by atoms with Gasteiger partial charge >= 0.3 is 5.97 Å². The maximum Gasteiger partial charge on any atom is 0.325 e. The molecule has 1 aromatic carbocycles. The zero-order valence-electron chi connectivity index (χ0n) is 12.8. The van der Waals surface area contributed by atoms with E-state index in [2.05, 4.69) is 4.74 Å². The van der Waals surface area contributed by atoms with Crippen LogP contribution in [0.25, 0.3) is 6.08 Å². The van der Waals surface area contributed by atoms with Crippen molar-refractivity contribution in [3.8, 4) is 11.5 Å². The van der Waals surface area contributed by atoms with E-state index in [0.29, 0.717) is 17.1 Å². The molecule has 1 aliphatic rings. The van der Waals surface area contributed by atoms with E-state index in [9.17, 15) is 14.4 Å². The standard InChI is InChI=1S/C15H15NO6S/c1-20-10-6-4-5-9(13(10)22-3)7-11-14(18)16(15(19)23-11)8-12(17)21-2/h4-7H,8H2,1-3H3/b11-7+. The van der Waals surface area contributed by atoms with Crippen molar-refractivity contribution in [1.82, 2.24) is 4.90 Å². The van der Waals surface area contributed by atoms with Crippen molar-refractivity contribution in [3.63, 3.8) is 0 Å². The molecule has 0 N–H and O–H groups in total. The third-order valence-corrected chi connectivity index (χ3v) is 4.02. The van der Waals surface area contributed by atoms with Crippen LogP contribution in [0, 0.1) is 0 Å². The van der Waals surface area contributed by atoms with Crippen molar-refractivity contribution in [2.24, 2.45) is 0 Å². The van der Waals surface area contributed by atoms with Crippen molar-refractivity contribution in [3.05, 3.63) is 28.7 Å². The molecular formula is C15H15NO6S. The lowest BCUT2D eigenvalue weighted by atomic mass is 10.1. The summed E-state index contributed by atoms with van der Waals surface area (Å²) in [7, 11) is 4.18. The Morgan fingerprint density at radius 1 is 1.22 bits per heavy atom. The zero-order valence-corrected chi connectivity index (χ0v) is 13.6. The van der Waals surface area contributed by atoms with Gasteiger partial charge in [-0.3, -0.25) is 19.3 Å². The number of imide groups is 1. The molecule has 0 aliphatic carbocycles. The van der Waals surface area contributed by atoms with Gasteiger partial charge in [-0.25, -0.2) is 0 Å². The molecule has 0 bridgehead atoms. The second-order valence-electron chi connectivity index (χ2n) is 4.43. The molecule has 0 aromatic heterocycles. The number of carbonyl (C=O) groups is 3. The molecule has 0 spiro atoms. The summed E-state index contributed by atoms with van der Waals surface area (Å²) >= 11 is 0.756. The topological polar surface area (TPSA) is 82.1 Å². The van der Waals surface area contributed by atoms with Gasteiger partial charge in [0.2, 0.25) is 0 Å². The summed E-state index contributed by atoms with van der Waals surface area (Å²) in [5, 5.41) is -0.520. The Morgan fingerprint density at radius 3 is 2.57 bits per heavy atom. The van der Waals surface area contributed by atoms with Gasteiger partial charge in [-0.05, 0) is 23.9 Å². The van der Waals surface area contributed by atoms with Crippen molar-refractivity contribution in [2.45, 2.75) is 0 Å². The number of methoxy groups -OCH3 is 3. The smallest absolute Gasteiger partial charge is 0.325 e. The molecule has 122 valence electrons. The molecule has 0 unspecified atom stereocenters. The van der Waals surface area contributed by atoms with Crippen LogP contribution in [0.5, 0.6) is 11.5 Å². The van der Waals surface area contributed by atoms with Crippen LogP contribution in [-0.4, -0.2) is 49.9 Å². The van der Waals surface area contributed by atoms with Gasteiger partial charge in [0.1, 0.15) is 6.54 Å². The predicted octanol–water partition coefficient (Wildman–Crippen LogP) is 1.91. The first-order valence-electron chi connectivity index (χ1n) is 6.55. The largest absolute Gasteiger partial charge is 0.493 e. The average molecular weight is 337 g/mol. The van der Waals surface area contributed by atoms with Gasteiger partial charge in [0.25, 0.3) is 11.1 Å². The first-order chi connectivity index (χ1) is 11.0. The summed E-state index contributed by atoms with van der Waals surface area (Å²) in [6.07, 6.45) is 1.53. The quantitative estimate of drug-likeness (QED) is 0.599. The summed E-state index contributed by atoms with van der Waals surface area (Å²) in [5.74, 6) is -0.243. The van der Waals surface area contributed by atoms with Gasteiger partial charge < -0.3 is 14.2 Å². The molecule has 1 aliphatic heterocycles. The Balaban J connectivity index is 2.33. The number of nitrogens with zero attached hydrogens (tertiary/aromatic N) is 1. The van der Waals surface area contributed by atoms with Crippen LogP contribution in [0.3, 0.4) is 0 Å². The van der Waals surface area contributed by atoms with Crippen LogP contribution in [0.1, 0.15) is 5.56 Å². The number of hydrogen-bond donors (Lipinski definition) is 0. The van der Waals surface area contributed by atoms with E-state index < -0.39 is 23.7 Å². The number of esters is 1. The van der Waals surface area contributed by atoms with Gasteiger partial charge in [-0.2, -0.15) is 0 Å². The van der Waals surface area contributed by atoms with Gasteiger partial charge in [0, 0.05) is 5.56 Å². The highest BCUT2D eigenvalue weighted by Gasteiger charge is 2.36. The maximum atomic E-state index is 12.3. The lowest BCUT2D eigenvalue weighted by Gasteiger charge is -2.11. The van der Waals surface area contributed by atoms with Crippen molar-refractivity contribution in [1.29, 1.82) is 0 Å². The molecule has 0 radical (unpaired) electrons. The van der Waals surface area contributed by atoms with E-state index in [-0.39, 0.29) is 4.91 Å². The Morgan fingerprint density at radius 2 is 1.96 bits per heavy atom. The number of benzene rings is 1. The van der Waals surface area contributed by atoms with Crippen LogP contribution in [0.15, 0.2) is 23.1 Å². The van der Waals surface area contributed by atoms with Crippen molar-refractivity contribution >= 4 is 35.0 Å². The van der Waals surface area contributed by atoms with E-state index in [1.807, 2.05) is 0 Å². The molecular weight excluding hydrogens is 322 g/mol. The van der Waals surface area contributed by atoms with Gasteiger partial charge in [0.05, 0.1) is 26.2 Å². The molecule has 0 atom stereocenters. The highest BCUT2D eigenvalue weighted by molar-refractivity contribution is 8.18. The third-order valence-electron chi connectivity index (χ3n) is 3.11. The minimum absolute atomic E-state index is 0.199.